The van der Waals surface area contributed by atoms with E-state index in [1.54, 1.807) is 0 Å². The maximum atomic E-state index is 11.1. The Morgan fingerprint density at radius 1 is 1.11 bits per heavy atom. The summed E-state index contributed by atoms with van der Waals surface area (Å²) in [6, 6.07) is 0. The van der Waals surface area contributed by atoms with Crippen molar-refractivity contribution in [2.75, 3.05) is 26.4 Å². The average Bonchev–Trinajstić information content (AvgIpc) is 2.40. The van der Waals surface area contributed by atoms with Crippen molar-refractivity contribution < 1.29 is 14.3 Å². The van der Waals surface area contributed by atoms with Crippen LogP contribution in [0, 0.1) is 0 Å². The zero-order valence-electron chi connectivity index (χ0n) is 11.8. The molecule has 0 amide bonds. The average molecular weight is 271 g/mol. The largest absolute Gasteiger partial charge is 0.466 e. The quantitative estimate of drug-likeness (QED) is 0.169. The van der Waals surface area contributed by atoms with Crippen LogP contribution in [0.3, 0.4) is 0 Å². The van der Waals surface area contributed by atoms with Crippen LogP contribution in [-0.4, -0.2) is 32.3 Å². The number of nitrogens with zero attached hydrogens (tertiary/aromatic N) is 3. The van der Waals surface area contributed by atoms with Crippen molar-refractivity contribution in [3.05, 3.63) is 10.4 Å². The highest BCUT2D eigenvalue weighted by Crippen LogP contribution is 2.07. The molecule has 0 saturated carbocycles. The smallest absolute Gasteiger partial charge is 0.305 e. The van der Waals surface area contributed by atoms with Gasteiger partial charge in [0.25, 0.3) is 0 Å². The van der Waals surface area contributed by atoms with Gasteiger partial charge in [-0.3, -0.25) is 4.79 Å². The molecule has 0 heterocycles. The van der Waals surface area contributed by atoms with Crippen LogP contribution in [0.4, 0.5) is 0 Å². The van der Waals surface area contributed by atoms with E-state index in [9.17, 15) is 4.79 Å². The fourth-order valence-electron chi connectivity index (χ4n) is 1.67. The third-order valence-electron chi connectivity index (χ3n) is 2.62. The van der Waals surface area contributed by atoms with Gasteiger partial charge in [0.15, 0.2) is 0 Å². The fraction of sp³-hybridized carbons (Fsp3) is 0.923. The number of azide groups is 1. The number of hydrogen-bond acceptors (Lipinski definition) is 4. The molecule has 6 heteroatoms. The summed E-state index contributed by atoms with van der Waals surface area (Å²) in [6.45, 7) is 3.93. The fourth-order valence-corrected chi connectivity index (χ4v) is 1.67. The van der Waals surface area contributed by atoms with Crippen LogP contribution in [0.2, 0.25) is 0 Å². The van der Waals surface area contributed by atoms with Crippen LogP contribution in [0.25, 0.3) is 10.4 Å². The van der Waals surface area contributed by atoms with Gasteiger partial charge in [-0.15, -0.1) is 0 Å². The van der Waals surface area contributed by atoms with Crippen molar-refractivity contribution >= 4 is 5.97 Å². The third-order valence-corrected chi connectivity index (χ3v) is 2.62. The minimum atomic E-state index is -0.0871. The molecule has 0 bridgehead atoms. The van der Waals surface area contributed by atoms with Crippen LogP contribution in [0.5, 0.6) is 0 Å². The highest BCUT2D eigenvalue weighted by atomic mass is 16.5. The number of ether oxygens (including phenoxy) is 2. The lowest BCUT2D eigenvalue weighted by atomic mass is 10.1. The molecule has 0 N–H and O–H groups in total. The van der Waals surface area contributed by atoms with E-state index in [4.69, 9.17) is 15.0 Å². The van der Waals surface area contributed by atoms with Crippen LogP contribution in [0.1, 0.15) is 51.9 Å². The Morgan fingerprint density at radius 3 is 2.47 bits per heavy atom. The topological polar surface area (TPSA) is 84.3 Å². The first kappa shape index (κ1) is 17.7. The first-order valence-corrected chi connectivity index (χ1v) is 7.05. The van der Waals surface area contributed by atoms with Crippen molar-refractivity contribution in [1.29, 1.82) is 0 Å². The molecule has 0 rings (SSSR count). The molecule has 0 aromatic heterocycles. The molecule has 0 fully saturated rings. The van der Waals surface area contributed by atoms with Gasteiger partial charge in [0, 0.05) is 24.5 Å². The molecule has 0 aromatic rings. The summed E-state index contributed by atoms with van der Waals surface area (Å²) in [4.78, 5) is 13.7. The molecule has 0 aromatic carbocycles. The Morgan fingerprint density at radius 2 is 1.79 bits per heavy atom. The zero-order chi connectivity index (χ0) is 14.2. The first-order chi connectivity index (χ1) is 9.31. The number of unbranched alkanes of at least 4 members (excludes halogenated alkanes) is 5. The van der Waals surface area contributed by atoms with Crippen LogP contribution < -0.4 is 0 Å². The van der Waals surface area contributed by atoms with E-state index in [0.717, 1.165) is 38.7 Å². The maximum Gasteiger partial charge on any atom is 0.305 e. The van der Waals surface area contributed by atoms with Gasteiger partial charge >= 0.3 is 5.97 Å². The third kappa shape index (κ3) is 14.7. The summed E-state index contributed by atoms with van der Waals surface area (Å²) in [5.74, 6) is -0.0871. The summed E-state index contributed by atoms with van der Waals surface area (Å²) in [5.41, 5.74) is 8.05. The van der Waals surface area contributed by atoms with E-state index in [0.29, 0.717) is 26.2 Å². The Labute approximate surface area is 115 Å². The van der Waals surface area contributed by atoms with Crippen LogP contribution >= 0.6 is 0 Å². The molecule has 0 aliphatic carbocycles. The molecule has 0 radical (unpaired) electrons. The van der Waals surface area contributed by atoms with Gasteiger partial charge in [-0.25, -0.2) is 0 Å². The molecule has 0 aliphatic rings. The second-order valence-electron chi connectivity index (χ2n) is 4.24. The highest BCUT2D eigenvalue weighted by Gasteiger charge is 2.00. The van der Waals surface area contributed by atoms with Crippen molar-refractivity contribution in [1.82, 2.24) is 0 Å². The standard InChI is InChI=1S/C13H25N3O3/c1-2-19-13(17)9-7-5-3-4-6-8-11-18-12-10-15-16-14/h2-12H2,1H3. The monoisotopic (exact) mass is 271 g/mol. The molecule has 0 saturated heterocycles. The number of carbonyl (C=O) groups is 1. The predicted molar refractivity (Wildman–Crippen MR) is 73.8 cm³/mol. The van der Waals surface area contributed by atoms with Gasteiger partial charge in [-0.2, -0.15) is 0 Å². The normalized spacial score (nSPS) is 9.95. The molecule has 0 aliphatic heterocycles. The molecular weight excluding hydrogens is 246 g/mol. The Bertz CT molecular complexity index is 266. The van der Waals surface area contributed by atoms with Crippen molar-refractivity contribution in [3.63, 3.8) is 0 Å². The zero-order valence-corrected chi connectivity index (χ0v) is 11.8. The van der Waals surface area contributed by atoms with E-state index < -0.39 is 0 Å². The predicted octanol–water partition coefficient (Wildman–Crippen LogP) is 3.61. The van der Waals surface area contributed by atoms with Gasteiger partial charge in [0.1, 0.15) is 0 Å². The Kier molecular flexibility index (Phi) is 13.8. The van der Waals surface area contributed by atoms with Gasteiger partial charge in [0.05, 0.1) is 13.2 Å². The van der Waals surface area contributed by atoms with E-state index in [-0.39, 0.29) is 5.97 Å². The lowest BCUT2D eigenvalue weighted by Gasteiger charge is -2.03. The second kappa shape index (κ2) is 14.8. The molecule has 0 atom stereocenters. The van der Waals surface area contributed by atoms with Gasteiger partial charge < -0.3 is 9.47 Å². The minimum Gasteiger partial charge on any atom is -0.466 e. The molecule has 0 spiro atoms. The summed E-state index contributed by atoms with van der Waals surface area (Å²) >= 11 is 0. The second-order valence-corrected chi connectivity index (χ2v) is 4.24. The summed E-state index contributed by atoms with van der Waals surface area (Å²) < 4.78 is 10.2. The lowest BCUT2D eigenvalue weighted by molar-refractivity contribution is -0.143. The van der Waals surface area contributed by atoms with E-state index >= 15 is 0 Å². The molecule has 0 unspecified atom stereocenters. The molecule has 19 heavy (non-hydrogen) atoms. The van der Waals surface area contributed by atoms with Gasteiger partial charge in [0.2, 0.25) is 0 Å². The minimum absolute atomic E-state index is 0.0871. The summed E-state index contributed by atoms with van der Waals surface area (Å²) in [5, 5.41) is 3.38. The number of hydrogen-bond donors (Lipinski definition) is 0. The number of esters is 1. The highest BCUT2D eigenvalue weighted by molar-refractivity contribution is 5.69. The summed E-state index contributed by atoms with van der Waals surface area (Å²) in [6.07, 6.45) is 7.03. The van der Waals surface area contributed by atoms with E-state index in [1.807, 2.05) is 6.92 Å². The first-order valence-electron chi connectivity index (χ1n) is 7.05. The molecular formula is C13H25N3O3. The molecule has 110 valence electrons. The Hall–Kier alpha value is -1.26. The van der Waals surface area contributed by atoms with Crippen molar-refractivity contribution in [3.8, 4) is 0 Å². The number of carbonyl (C=O) groups excluding carboxylic acids is 1. The van der Waals surface area contributed by atoms with Gasteiger partial charge in [-0.1, -0.05) is 30.8 Å². The maximum absolute atomic E-state index is 11.1. The van der Waals surface area contributed by atoms with Crippen LogP contribution in [0.15, 0.2) is 5.11 Å². The van der Waals surface area contributed by atoms with Gasteiger partial charge in [-0.05, 0) is 25.3 Å². The SMILES string of the molecule is CCOC(=O)CCCCCCCCOCCN=[N+]=[N-]. The molecule has 6 nitrogen and oxygen atoms in total. The lowest BCUT2D eigenvalue weighted by Crippen LogP contribution is -2.03. The summed E-state index contributed by atoms with van der Waals surface area (Å²) in [7, 11) is 0. The van der Waals surface area contributed by atoms with Crippen molar-refractivity contribution in [2.24, 2.45) is 5.11 Å². The Balaban J connectivity index is 3.06. The number of rotatable bonds is 13. The van der Waals surface area contributed by atoms with E-state index in [1.165, 1.54) is 6.42 Å². The van der Waals surface area contributed by atoms with Crippen LogP contribution in [-0.2, 0) is 14.3 Å². The van der Waals surface area contributed by atoms with Crippen molar-refractivity contribution in [2.45, 2.75) is 51.9 Å². The van der Waals surface area contributed by atoms with E-state index in [2.05, 4.69) is 10.0 Å².